The maximum Gasteiger partial charge on any atom is 0.525 e. The first-order chi connectivity index (χ1) is 27.6. The van der Waals surface area contributed by atoms with Crippen LogP contribution in [-0.2, 0) is 4.57 Å². The Morgan fingerprint density at radius 3 is 1.63 bits per heavy atom. The van der Waals surface area contributed by atoms with E-state index in [1.807, 2.05) is 42.5 Å². The van der Waals surface area contributed by atoms with Crippen LogP contribution in [0.3, 0.4) is 0 Å². The van der Waals surface area contributed by atoms with E-state index in [2.05, 4.69) is 29.7 Å². The van der Waals surface area contributed by atoms with E-state index in [9.17, 15) is 14.5 Å². The van der Waals surface area contributed by atoms with Crippen LogP contribution in [0.4, 0.5) is 5.69 Å². The number of aromatic carboxylic acids is 1. The molecular weight excluding hydrogens is 810 g/mol. The predicted molar refractivity (Wildman–Crippen MR) is 236 cm³/mol. The quantitative estimate of drug-likeness (QED) is 0.0641. The number of benzene rings is 4. The van der Waals surface area contributed by atoms with Crippen LogP contribution >= 0.6 is 30.9 Å². The van der Waals surface area contributed by atoms with Crippen molar-refractivity contribution in [2.75, 3.05) is 5.73 Å². The van der Waals surface area contributed by atoms with Gasteiger partial charge in [0.05, 0.1) is 28.0 Å². The normalized spacial score (nSPS) is 10.2. The molecule has 8 rings (SSSR count). The number of carbonyl (C=O) groups is 1. The number of hydrogen-bond donors (Lipinski definition) is 2. The molecule has 0 aliphatic carbocycles. The lowest BCUT2D eigenvalue weighted by Crippen LogP contribution is -2.00. The van der Waals surface area contributed by atoms with Crippen LogP contribution in [0.1, 0.15) is 25.2 Å². The fraction of sp³-hybridized carbons (Fsp3) is 0.0465. The van der Waals surface area contributed by atoms with Gasteiger partial charge in [0.15, 0.2) is 0 Å². The molecule has 0 aliphatic heterocycles. The van der Waals surface area contributed by atoms with Crippen LogP contribution in [0.2, 0.25) is 10.0 Å². The third-order valence-electron chi connectivity index (χ3n) is 7.80. The predicted octanol–water partition coefficient (Wildman–Crippen LogP) is 13.0. The van der Waals surface area contributed by atoms with Crippen molar-refractivity contribution in [1.29, 1.82) is 0 Å². The first-order valence-electron chi connectivity index (χ1n) is 16.8. The zero-order valence-electron chi connectivity index (χ0n) is 29.5. The topological polar surface area (TPSA) is 199 Å². The second-order valence-corrected chi connectivity index (χ2v) is 14.1. The highest BCUT2D eigenvalue weighted by Crippen LogP contribution is 2.50. The Balaban J connectivity index is 0.000000192. The van der Waals surface area contributed by atoms with E-state index in [1.54, 1.807) is 104 Å². The number of nitrogens with zero attached hydrogens (tertiary/aromatic N) is 7. The third kappa shape index (κ3) is 12.0. The average molecular weight is 848 g/mol. The van der Waals surface area contributed by atoms with Crippen LogP contribution in [0.25, 0.3) is 54.8 Å². The van der Waals surface area contributed by atoms with E-state index in [4.69, 9.17) is 43.5 Å². The molecule has 0 bridgehead atoms. The molecule has 59 heavy (non-hydrogen) atoms. The van der Waals surface area contributed by atoms with E-state index >= 15 is 0 Å². The molecule has 0 unspecified atom stereocenters. The van der Waals surface area contributed by atoms with Crippen LogP contribution in [0.5, 0.6) is 11.5 Å². The molecule has 0 saturated carbocycles. The Morgan fingerprint density at radius 2 is 1.15 bits per heavy atom. The Morgan fingerprint density at radius 1 is 0.678 bits per heavy atom. The van der Waals surface area contributed by atoms with Gasteiger partial charge in [-0.1, -0.05) is 98.7 Å². The number of para-hydroxylation sites is 2. The van der Waals surface area contributed by atoms with Gasteiger partial charge in [-0.05, 0) is 78.3 Å². The minimum Gasteiger partial charge on any atom is -0.478 e. The SMILES string of the molecule is C.C.Nc1cc(-c2cccc(Cl)c2)nc2ccncc12.O=C(O)c1cc(-c2cccc(Cl)c2)nc2ccncc12.[N-]=[N+]=NP(=O)(Oc1ccccc1)Oc1ccccc1. The Bertz CT molecular complexity index is 2730. The number of carboxylic acid groups (broad SMARTS) is 1. The number of hydrogen-bond acceptors (Lipinski definition) is 9. The van der Waals surface area contributed by atoms with Crippen molar-refractivity contribution in [2.24, 2.45) is 4.88 Å². The van der Waals surface area contributed by atoms with Crippen LogP contribution in [0.15, 0.2) is 163 Å². The molecule has 298 valence electrons. The van der Waals surface area contributed by atoms with Gasteiger partial charge in [-0.25, -0.2) is 19.3 Å². The zero-order valence-corrected chi connectivity index (χ0v) is 31.9. The van der Waals surface area contributed by atoms with Gasteiger partial charge in [0.2, 0.25) is 0 Å². The smallest absolute Gasteiger partial charge is 0.478 e. The van der Waals surface area contributed by atoms with Gasteiger partial charge in [-0.3, -0.25) is 9.97 Å². The Hall–Kier alpha value is -7.01. The minimum atomic E-state index is -3.95. The fourth-order valence-corrected chi connectivity index (χ4v) is 6.63. The third-order valence-corrected chi connectivity index (χ3v) is 9.45. The average Bonchev–Trinajstić information content (AvgIpc) is 3.21. The van der Waals surface area contributed by atoms with Gasteiger partial charge in [-0.2, -0.15) is 0 Å². The number of aromatic nitrogens is 4. The number of anilines is 1. The van der Waals surface area contributed by atoms with Crippen molar-refractivity contribution < 1.29 is 23.5 Å². The van der Waals surface area contributed by atoms with Crippen molar-refractivity contribution in [1.82, 2.24) is 19.9 Å². The lowest BCUT2D eigenvalue weighted by molar-refractivity contribution is 0.0699. The maximum atomic E-state index is 12.3. The summed E-state index contributed by atoms with van der Waals surface area (Å²) in [5, 5.41) is 12.0. The van der Waals surface area contributed by atoms with Crippen molar-refractivity contribution in [2.45, 2.75) is 14.9 Å². The summed E-state index contributed by atoms with van der Waals surface area (Å²) < 4.78 is 22.6. The molecule has 0 saturated heterocycles. The maximum absolute atomic E-state index is 12.3. The summed E-state index contributed by atoms with van der Waals surface area (Å²) in [5.41, 5.74) is 19.9. The van der Waals surface area contributed by atoms with E-state index in [-0.39, 0.29) is 20.4 Å². The number of rotatable bonds is 8. The molecule has 8 aromatic rings. The monoisotopic (exact) mass is 846 g/mol. The summed E-state index contributed by atoms with van der Waals surface area (Å²) in [7, 11) is -3.95. The molecule has 0 radical (unpaired) electrons. The molecule has 0 spiro atoms. The molecule has 16 heteroatoms. The van der Waals surface area contributed by atoms with Gasteiger partial charge >= 0.3 is 13.7 Å². The van der Waals surface area contributed by atoms with E-state index in [0.29, 0.717) is 43.8 Å². The summed E-state index contributed by atoms with van der Waals surface area (Å²) in [6, 6.07) is 38.4. The van der Waals surface area contributed by atoms with Gasteiger partial charge in [0, 0.05) is 72.2 Å². The van der Waals surface area contributed by atoms with Crippen LogP contribution in [0, 0.1) is 0 Å². The first kappa shape index (κ1) is 44.7. The van der Waals surface area contributed by atoms with Gasteiger partial charge in [-0.15, -0.1) is 0 Å². The molecule has 0 atom stereocenters. The molecule has 4 aromatic carbocycles. The molecule has 0 aliphatic rings. The van der Waals surface area contributed by atoms with Crippen molar-refractivity contribution in [3.05, 3.63) is 184 Å². The van der Waals surface area contributed by atoms with Crippen LogP contribution < -0.4 is 14.8 Å². The standard InChI is InChI=1S/C15H9ClN2O2.C14H10ClN3.C12H10N3O3P.2CH4/c16-10-3-1-2-9(6-10)14-7-11(15(19)20)12-8-17-5-4-13(12)18-14;15-10-3-1-2-9(6-10)14-7-12(16)11-8-17-5-4-13(11)18-14;13-14-15-19(16,17-11-7-3-1-4-8-11)18-12-9-5-2-6-10-12;;/h1-8H,(H,19,20);1-8H,(H2,16,18);1-10H;2*1H4. The van der Waals surface area contributed by atoms with E-state index < -0.39 is 13.7 Å². The number of nitrogen functional groups attached to an aromatic ring is 1. The van der Waals surface area contributed by atoms with Gasteiger partial charge in [0.1, 0.15) is 11.5 Å². The molecular formula is C43H37Cl2N8O5P. The van der Waals surface area contributed by atoms with E-state index in [0.717, 1.165) is 27.7 Å². The largest absolute Gasteiger partial charge is 0.525 e. The highest BCUT2D eigenvalue weighted by atomic mass is 35.5. The van der Waals surface area contributed by atoms with Crippen LogP contribution in [-0.4, -0.2) is 31.0 Å². The van der Waals surface area contributed by atoms with Crippen molar-refractivity contribution >= 4 is 64.4 Å². The highest BCUT2D eigenvalue weighted by Gasteiger charge is 2.26. The molecule has 3 N–H and O–H groups in total. The highest BCUT2D eigenvalue weighted by molar-refractivity contribution is 7.53. The molecule has 4 heterocycles. The first-order valence-corrected chi connectivity index (χ1v) is 19.0. The van der Waals surface area contributed by atoms with E-state index in [1.165, 1.54) is 12.3 Å². The summed E-state index contributed by atoms with van der Waals surface area (Å²) in [6.07, 6.45) is 6.52. The second kappa shape index (κ2) is 20.9. The Kier molecular flexibility index (Phi) is 15.9. The minimum absolute atomic E-state index is 0. The summed E-state index contributed by atoms with van der Waals surface area (Å²) >= 11 is 11.9. The van der Waals surface area contributed by atoms with Crippen molar-refractivity contribution in [3.8, 4) is 34.0 Å². The Labute approximate surface area is 350 Å². The molecule has 0 fully saturated rings. The number of nitrogens with two attached hydrogens (primary N) is 1. The lowest BCUT2D eigenvalue weighted by Gasteiger charge is -2.14. The number of carboxylic acids is 1. The summed E-state index contributed by atoms with van der Waals surface area (Å²) in [4.78, 5) is 34.1. The van der Waals surface area contributed by atoms with Gasteiger partial charge < -0.3 is 19.9 Å². The molecule has 13 nitrogen and oxygen atoms in total. The molecule has 4 aromatic heterocycles. The number of fused-ring (bicyclic) bond motifs is 2. The number of halogens is 2. The number of azide groups is 1. The number of pyridine rings is 4. The lowest BCUT2D eigenvalue weighted by atomic mass is 10.1. The summed E-state index contributed by atoms with van der Waals surface area (Å²) in [5.74, 6) is -0.406. The van der Waals surface area contributed by atoms with Gasteiger partial charge in [0.25, 0.3) is 0 Å². The zero-order chi connectivity index (χ0) is 40.2. The van der Waals surface area contributed by atoms with Crippen molar-refractivity contribution in [3.63, 3.8) is 0 Å². The summed E-state index contributed by atoms with van der Waals surface area (Å²) in [6.45, 7) is 0. The second-order valence-electron chi connectivity index (χ2n) is 11.7. The molecule has 0 amide bonds. The fourth-order valence-electron chi connectivity index (χ4n) is 5.26.